The molecule has 0 aliphatic carbocycles. The minimum absolute atomic E-state index is 0.0255. The van der Waals surface area contributed by atoms with Crippen molar-refractivity contribution in [2.24, 2.45) is 0 Å². The quantitative estimate of drug-likeness (QED) is 0.441. The highest BCUT2D eigenvalue weighted by atomic mass is 16.4. The molecule has 0 spiro atoms. The number of aliphatic hydroxyl groups excluding tert-OH is 3. The summed E-state index contributed by atoms with van der Waals surface area (Å²) in [4.78, 5) is 34.1. The number of benzene rings is 1. The fraction of sp³-hybridized carbons (Fsp3) is 0.412. The Kier molecular flexibility index (Phi) is 4.86. The van der Waals surface area contributed by atoms with E-state index in [9.17, 15) is 19.8 Å². The smallest absolute Gasteiger partial charge is 0.349 e. The minimum Gasteiger partial charge on any atom is -0.394 e. The van der Waals surface area contributed by atoms with Gasteiger partial charge in [-0.1, -0.05) is 0 Å². The number of hydrogen-bond acceptors (Lipinski definition) is 7. The van der Waals surface area contributed by atoms with Crippen LogP contribution in [0, 0.1) is 13.8 Å². The molecular formula is C17H20N4O5. The van der Waals surface area contributed by atoms with E-state index in [-0.39, 0.29) is 24.5 Å². The van der Waals surface area contributed by atoms with Gasteiger partial charge in [-0.2, -0.15) is 4.98 Å². The monoisotopic (exact) mass is 360 g/mol. The fourth-order valence-corrected chi connectivity index (χ4v) is 2.85. The molecule has 0 amide bonds. The summed E-state index contributed by atoms with van der Waals surface area (Å²) >= 11 is 0. The highest BCUT2D eigenvalue weighted by Gasteiger charge is 2.21. The van der Waals surface area contributed by atoms with Crippen LogP contribution in [-0.4, -0.2) is 53.7 Å². The molecule has 4 N–H and O–H groups in total. The second-order valence-corrected chi connectivity index (χ2v) is 6.34. The van der Waals surface area contributed by atoms with Gasteiger partial charge in [-0.3, -0.25) is 9.78 Å². The Hall–Kier alpha value is -2.62. The summed E-state index contributed by atoms with van der Waals surface area (Å²) in [6.07, 6.45) is -2.34. The van der Waals surface area contributed by atoms with Crippen molar-refractivity contribution in [2.45, 2.75) is 39.0 Å². The van der Waals surface area contributed by atoms with Crippen LogP contribution in [-0.2, 0) is 6.54 Å². The van der Waals surface area contributed by atoms with Crippen molar-refractivity contribution >= 4 is 11.0 Å². The topological polar surface area (TPSA) is 141 Å². The van der Waals surface area contributed by atoms with Crippen molar-refractivity contribution < 1.29 is 15.3 Å². The number of hydrogen-bond donors (Lipinski definition) is 4. The van der Waals surface area contributed by atoms with Gasteiger partial charge in [0.15, 0.2) is 11.5 Å². The van der Waals surface area contributed by atoms with Gasteiger partial charge in [0.2, 0.25) is 0 Å². The molecule has 0 saturated carbocycles. The van der Waals surface area contributed by atoms with Crippen molar-refractivity contribution in [1.29, 1.82) is 0 Å². The van der Waals surface area contributed by atoms with Crippen LogP contribution in [0.4, 0.5) is 0 Å². The first-order chi connectivity index (χ1) is 12.3. The molecule has 9 heteroatoms. The first-order valence-corrected chi connectivity index (χ1v) is 8.20. The lowest BCUT2D eigenvalue weighted by atomic mass is 10.1. The molecule has 0 radical (unpaired) electrons. The summed E-state index contributed by atoms with van der Waals surface area (Å²) in [5.74, 6) is 0.111. The zero-order valence-electron chi connectivity index (χ0n) is 14.4. The van der Waals surface area contributed by atoms with E-state index in [4.69, 9.17) is 5.11 Å². The highest BCUT2D eigenvalue weighted by molar-refractivity contribution is 5.81. The number of aromatic amines is 1. The lowest BCUT2D eigenvalue weighted by molar-refractivity contribution is -0.0191. The largest absolute Gasteiger partial charge is 0.394 e. The Morgan fingerprint density at radius 3 is 2.50 bits per heavy atom. The van der Waals surface area contributed by atoms with E-state index >= 15 is 0 Å². The molecule has 3 rings (SSSR count). The van der Waals surface area contributed by atoms with Crippen molar-refractivity contribution in [3.8, 4) is 11.5 Å². The highest BCUT2D eigenvalue weighted by Crippen LogP contribution is 2.24. The van der Waals surface area contributed by atoms with E-state index in [1.807, 2.05) is 26.0 Å². The third-order valence-electron chi connectivity index (χ3n) is 4.50. The molecule has 2 atom stereocenters. The van der Waals surface area contributed by atoms with Crippen LogP contribution in [0.15, 0.2) is 21.7 Å². The van der Waals surface area contributed by atoms with Crippen LogP contribution in [0.25, 0.3) is 22.6 Å². The lowest BCUT2D eigenvalue weighted by Crippen LogP contribution is -2.32. The van der Waals surface area contributed by atoms with E-state index in [0.717, 1.165) is 11.1 Å². The first kappa shape index (κ1) is 18.2. The molecular weight excluding hydrogens is 340 g/mol. The SMILES string of the molecule is Cc1cc2nc3c(=O)[nH]c(=O)nc-3n(CC[C@H](O)[C@H](O)CO)c2cc1C. The van der Waals surface area contributed by atoms with Crippen molar-refractivity contribution in [1.82, 2.24) is 19.5 Å². The Morgan fingerprint density at radius 2 is 1.81 bits per heavy atom. The number of rotatable bonds is 5. The molecule has 138 valence electrons. The average molecular weight is 360 g/mol. The van der Waals surface area contributed by atoms with Gasteiger partial charge in [-0.15, -0.1) is 0 Å². The zero-order valence-corrected chi connectivity index (χ0v) is 14.4. The average Bonchev–Trinajstić information content (AvgIpc) is 2.59. The summed E-state index contributed by atoms with van der Waals surface area (Å²) in [6, 6.07) is 3.71. The van der Waals surface area contributed by atoms with Crippen LogP contribution in [0.1, 0.15) is 17.5 Å². The normalized spacial score (nSPS) is 14.0. The van der Waals surface area contributed by atoms with Crippen LogP contribution in [0.3, 0.4) is 0 Å². The van der Waals surface area contributed by atoms with Crippen molar-refractivity contribution in [2.75, 3.05) is 6.61 Å². The second kappa shape index (κ2) is 6.94. The number of aliphatic hydroxyl groups is 3. The number of nitrogens with zero attached hydrogens (tertiary/aromatic N) is 3. The van der Waals surface area contributed by atoms with E-state index in [1.165, 1.54) is 0 Å². The van der Waals surface area contributed by atoms with E-state index in [1.54, 1.807) is 4.57 Å². The molecule has 0 unspecified atom stereocenters. The van der Waals surface area contributed by atoms with Gasteiger partial charge in [0.1, 0.15) is 6.10 Å². The second-order valence-electron chi connectivity index (χ2n) is 6.34. The number of aryl methyl sites for hydroxylation is 3. The van der Waals surface area contributed by atoms with Crippen LogP contribution in [0.5, 0.6) is 0 Å². The molecule has 2 aliphatic rings. The predicted octanol–water partition coefficient (Wildman–Crippen LogP) is -0.694. The molecule has 2 aliphatic heterocycles. The van der Waals surface area contributed by atoms with Crippen molar-refractivity contribution in [3.63, 3.8) is 0 Å². The summed E-state index contributed by atoms with van der Waals surface area (Å²) in [6.45, 7) is 3.46. The van der Waals surface area contributed by atoms with Gasteiger partial charge in [0, 0.05) is 6.54 Å². The molecule has 0 bridgehead atoms. The van der Waals surface area contributed by atoms with Gasteiger partial charge in [-0.05, 0) is 43.5 Å². The summed E-state index contributed by atoms with van der Waals surface area (Å²) in [7, 11) is 0. The summed E-state index contributed by atoms with van der Waals surface area (Å²) < 4.78 is 1.63. The Bertz CT molecular complexity index is 1040. The maximum Gasteiger partial charge on any atom is 0.349 e. The Labute approximate surface area is 147 Å². The van der Waals surface area contributed by atoms with Crippen LogP contribution >= 0.6 is 0 Å². The molecule has 1 aromatic rings. The number of nitrogens with one attached hydrogen (secondary N) is 1. The first-order valence-electron chi connectivity index (χ1n) is 8.20. The Morgan fingerprint density at radius 1 is 1.12 bits per heavy atom. The van der Waals surface area contributed by atoms with Crippen LogP contribution in [0.2, 0.25) is 0 Å². The zero-order chi connectivity index (χ0) is 19.0. The standard InChI is InChI=1S/C17H20N4O5/c1-8-5-10-11(6-9(8)2)21(4-3-12(23)13(24)7-22)15-14(18-10)16(25)20-17(26)19-15/h5-6,12-13,22-24H,3-4,7H2,1-2H3,(H,20,25,26)/t12-,13+/m0/s1. The van der Waals surface area contributed by atoms with Gasteiger partial charge < -0.3 is 19.9 Å². The molecule has 0 saturated heterocycles. The molecule has 0 aromatic heterocycles. The Balaban J connectivity index is 2.23. The third-order valence-corrected chi connectivity index (χ3v) is 4.50. The summed E-state index contributed by atoms with van der Waals surface area (Å²) in [5.41, 5.74) is 1.82. The van der Waals surface area contributed by atoms with Crippen LogP contribution < -0.4 is 11.2 Å². The lowest BCUT2D eigenvalue weighted by Gasteiger charge is -2.20. The molecule has 1 aromatic carbocycles. The predicted molar refractivity (Wildman–Crippen MR) is 94.2 cm³/mol. The van der Waals surface area contributed by atoms with Gasteiger partial charge in [0.05, 0.1) is 23.7 Å². The third kappa shape index (κ3) is 3.24. The van der Waals surface area contributed by atoms with E-state index in [2.05, 4.69) is 15.0 Å². The van der Waals surface area contributed by atoms with E-state index < -0.39 is 30.1 Å². The van der Waals surface area contributed by atoms with Gasteiger partial charge in [-0.25, -0.2) is 9.78 Å². The van der Waals surface area contributed by atoms with E-state index in [0.29, 0.717) is 11.0 Å². The van der Waals surface area contributed by atoms with Gasteiger partial charge >= 0.3 is 5.69 Å². The molecule has 26 heavy (non-hydrogen) atoms. The number of fused-ring (bicyclic) bond motifs is 2. The number of aromatic nitrogens is 4. The van der Waals surface area contributed by atoms with Crippen molar-refractivity contribution in [3.05, 3.63) is 44.1 Å². The minimum atomic E-state index is -1.27. The summed E-state index contributed by atoms with van der Waals surface area (Å²) in [5, 5.41) is 28.5. The number of H-pyrrole nitrogens is 1. The molecule has 0 fully saturated rings. The van der Waals surface area contributed by atoms with Gasteiger partial charge in [0.25, 0.3) is 5.56 Å². The molecule has 9 nitrogen and oxygen atoms in total. The fourth-order valence-electron chi connectivity index (χ4n) is 2.85. The maximum absolute atomic E-state index is 12.1. The molecule has 2 heterocycles. The maximum atomic E-state index is 12.1.